The van der Waals surface area contributed by atoms with Crippen molar-refractivity contribution < 1.29 is 14.3 Å². The minimum absolute atomic E-state index is 0.0102. The van der Waals surface area contributed by atoms with Gasteiger partial charge in [0.05, 0.1) is 13.2 Å². The molecule has 0 bridgehead atoms. The molecule has 0 saturated carbocycles. The molecule has 0 aromatic heterocycles. The summed E-state index contributed by atoms with van der Waals surface area (Å²) in [5.41, 5.74) is 5.51. The van der Waals surface area contributed by atoms with Crippen LogP contribution in [0.5, 0.6) is 0 Å². The SMILES string of the molecule is CCN(CC)c1ccc(C2C(C(=O)N3CCOCC3)=C(C)NC3=C2C(=O)CCC3)cc1. The molecule has 1 aromatic rings. The van der Waals surface area contributed by atoms with Crippen LogP contribution in [0.15, 0.2) is 46.8 Å². The number of ketones is 1. The molecule has 0 spiro atoms. The molecule has 1 N–H and O–H groups in total. The molecule has 6 nitrogen and oxygen atoms in total. The van der Waals surface area contributed by atoms with Gasteiger partial charge < -0.3 is 19.9 Å². The highest BCUT2D eigenvalue weighted by molar-refractivity contribution is 6.05. The van der Waals surface area contributed by atoms with Crippen LogP contribution in [0.4, 0.5) is 5.69 Å². The Hall–Kier alpha value is -2.60. The van der Waals surface area contributed by atoms with E-state index in [1.165, 1.54) is 0 Å². The van der Waals surface area contributed by atoms with Gasteiger partial charge in [0.25, 0.3) is 5.91 Å². The number of nitrogens with one attached hydrogen (secondary N) is 1. The lowest BCUT2D eigenvalue weighted by atomic mass is 9.75. The van der Waals surface area contributed by atoms with Crippen molar-refractivity contribution in [3.63, 3.8) is 0 Å². The number of ether oxygens (including phenoxy) is 1. The molecule has 4 rings (SSSR count). The predicted octanol–water partition coefficient (Wildman–Crippen LogP) is 3.36. The molecule has 1 aliphatic carbocycles. The minimum atomic E-state index is -0.315. The number of anilines is 1. The van der Waals surface area contributed by atoms with Gasteiger partial charge in [0, 0.05) is 66.7 Å². The van der Waals surface area contributed by atoms with Crippen LogP contribution in [0.3, 0.4) is 0 Å². The average molecular weight is 424 g/mol. The number of rotatable bonds is 5. The van der Waals surface area contributed by atoms with Crippen LogP contribution in [0.2, 0.25) is 0 Å². The second-order valence-corrected chi connectivity index (χ2v) is 8.43. The number of carbonyl (C=O) groups is 2. The third-order valence-corrected chi connectivity index (χ3v) is 6.66. The standard InChI is InChI=1S/C25H33N3O3/c1-4-27(5-2)19-11-9-18(10-12-19)23-22(25(30)28-13-15-31-16-14-28)17(3)26-20-7-6-8-21(29)24(20)23/h9-12,23,26H,4-8,13-16H2,1-3H3. The van der Waals surface area contributed by atoms with E-state index < -0.39 is 0 Å². The smallest absolute Gasteiger partial charge is 0.252 e. The number of amides is 1. The largest absolute Gasteiger partial charge is 0.378 e. The zero-order valence-electron chi connectivity index (χ0n) is 18.9. The first-order valence-corrected chi connectivity index (χ1v) is 11.5. The molecule has 6 heteroatoms. The van der Waals surface area contributed by atoms with Crippen LogP contribution in [-0.4, -0.2) is 56.0 Å². The first kappa shape index (κ1) is 21.6. The van der Waals surface area contributed by atoms with Crippen LogP contribution in [0.1, 0.15) is 51.5 Å². The fourth-order valence-electron chi connectivity index (χ4n) is 5.00. The van der Waals surface area contributed by atoms with Crippen LogP contribution < -0.4 is 10.2 Å². The van der Waals surface area contributed by atoms with Gasteiger partial charge in [0.2, 0.25) is 0 Å². The summed E-state index contributed by atoms with van der Waals surface area (Å²) in [5.74, 6) is -0.146. The Morgan fingerprint density at radius 2 is 1.81 bits per heavy atom. The lowest BCUT2D eigenvalue weighted by Crippen LogP contribution is -2.44. The zero-order valence-corrected chi connectivity index (χ0v) is 18.9. The highest BCUT2D eigenvalue weighted by Crippen LogP contribution is 2.43. The topological polar surface area (TPSA) is 61.9 Å². The maximum absolute atomic E-state index is 13.6. The van der Waals surface area contributed by atoms with E-state index in [4.69, 9.17) is 4.74 Å². The van der Waals surface area contributed by atoms with Crippen LogP contribution >= 0.6 is 0 Å². The molecule has 1 amide bonds. The van der Waals surface area contributed by atoms with E-state index in [2.05, 4.69) is 48.3 Å². The number of nitrogens with zero attached hydrogens (tertiary/aromatic N) is 2. The number of hydrogen-bond acceptors (Lipinski definition) is 5. The van der Waals surface area contributed by atoms with Crippen molar-refractivity contribution >= 4 is 17.4 Å². The highest BCUT2D eigenvalue weighted by Gasteiger charge is 2.39. The quantitative estimate of drug-likeness (QED) is 0.787. The molecule has 2 aliphatic heterocycles. The normalized spacial score (nSPS) is 21.7. The van der Waals surface area contributed by atoms with Crippen molar-refractivity contribution in [2.75, 3.05) is 44.3 Å². The number of carbonyl (C=O) groups excluding carboxylic acids is 2. The van der Waals surface area contributed by atoms with Crippen LogP contribution in [0, 0.1) is 0 Å². The lowest BCUT2D eigenvalue weighted by Gasteiger charge is -2.37. The van der Waals surface area contributed by atoms with Gasteiger partial charge in [-0.1, -0.05) is 12.1 Å². The number of allylic oxidation sites excluding steroid dienone is 3. The van der Waals surface area contributed by atoms with Gasteiger partial charge in [-0.15, -0.1) is 0 Å². The van der Waals surface area contributed by atoms with Crippen molar-refractivity contribution in [1.82, 2.24) is 10.2 Å². The van der Waals surface area contributed by atoms with Gasteiger partial charge in [-0.3, -0.25) is 9.59 Å². The molecule has 31 heavy (non-hydrogen) atoms. The Kier molecular flexibility index (Phi) is 6.46. The van der Waals surface area contributed by atoms with Gasteiger partial charge in [-0.05, 0) is 51.3 Å². The molecular formula is C25H33N3O3. The molecule has 166 valence electrons. The maximum atomic E-state index is 13.6. The Bertz CT molecular complexity index is 906. The van der Waals surface area contributed by atoms with Crippen LogP contribution in [0.25, 0.3) is 0 Å². The molecule has 1 unspecified atom stereocenters. The second kappa shape index (κ2) is 9.27. The lowest BCUT2D eigenvalue weighted by molar-refractivity contribution is -0.131. The summed E-state index contributed by atoms with van der Waals surface area (Å²) in [7, 11) is 0. The van der Waals surface area contributed by atoms with Gasteiger partial charge in [-0.25, -0.2) is 0 Å². The summed E-state index contributed by atoms with van der Waals surface area (Å²) in [6.07, 6.45) is 2.26. The number of hydrogen-bond donors (Lipinski definition) is 1. The molecule has 0 radical (unpaired) electrons. The van der Waals surface area contributed by atoms with E-state index in [1.807, 2.05) is 11.8 Å². The first-order valence-electron chi connectivity index (χ1n) is 11.5. The van der Waals surface area contributed by atoms with E-state index >= 15 is 0 Å². The Morgan fingerprint density at radius 1 is 1.13 bits per heavy atom. The summed E-state index contributed by atoms with van der Waals surface area (Å²) in [6, 6.07) is 8.42. The number of dihydropyridines is 1. The third-order valence-electron chi connectivity index (χ3n) is 6.66. The highest BCUT2D eigenvalue weighted by atomic mass is 16.5. The summed E-state index contributed by atoms with van der Waals surface area (Å²) in [5, 5.41) is 3.42. The van der Waals surface area contributed by atoms with E-state index in [9.17, 15) is 9.59 Å². The number of morpholine rings is 1. The average Bonchev–Trinajstić information content (AvgIpc) is 2.80. The maximum Gasteiger partial charge on any atom is 0.252 e. The van der Waals surface area contributed by atoms with Gasteiger partial charge in [0.1, 0.15) is 0 Å². The Balaban J connectivity index is 1.76. The molecule has 1 fully saturated rings. The van der Waals surface area contributed by atoms with Crippen LogP contribution in [-0.2, 0) is 14.3 Å². The zero-order chi connectivity index (χ0) is 22.0. The summed E-state index contributed by atoms with van der Waals surface area (Å²) < 4.78 is 5.44. The Morgan fingerprint density at radius 3 is 2.45 bits per heavy atom. The molecule has 3 aliphatic rings. The molecule has 1 saturated heterocycles. The number of benzene rings is 1. The van der Waals surface area contributed by atoms with E-state index in [0.29, 0.717) is 38.3 Å². The number of Topliss-reactive ketones (excluding diaryl/α,β-unsaturated/α-hetero) is 1. The Labute approximate surface area is 184 Å². The summed E-state index contributed by atoms with van der Waals surface area (Å²) >= 11 is 0. The van der Waals surface area contributed by atoms with Crippen molar-refractivity contribution in [1.29, 1.82) is 0 Å². The van der Waals surface area contributed by atoms with Gasteiger partial charge in [-0.2, -0.15) is 0 Å². The molecule has 1 aromatic carbocycles. The summed E-state index contributed by atoms with van der Waals surface area (Å²) in [6.45, 7) is 10.4. The first-order chi connectivity index (χ1) is 15.0. The monoisotopic (exact) mass is 423 g/mol. The van der Waals surface area contributed by atoms with Crippen molar-refractivity contribution in [3.8, 4) is 0 Å². The fourth-order valence-corrected chi connectivity index (χ4v) is 5.00. The molecule has 2 heterocycles. The predicted molar refractivity (Wildman–Crippen MR) is 122 cm³/mol. The molecule has 1 atom stereocenters. The van der Waals surface area contributed by atoms with Gasteiger partial charge >= 0.3 is 0 Å². The van der Waals surface area contributed by atoms with Crippen molar-refractivity contribution in [3.05, 3.63) is 52.4 Å². The van der Waals surface area contributed by atoms with E-state index in [-0.39, 0.29) is 17.6 Å². The van der Waals surface area contributed by atoms with E-state index in [0.717, 1.165) is 54.1 Å². The molecular weight excluding hydrogens is 390 g/mol. The van der Waals surface area contributed by atoms with E-state index in [1.54, 1.807) is 0 Å². The fraction of sp³-hybridized carbons (Fsp3) is 0.520. The van der Waals surface area contributed by atoms with Gasteiger partial charge in [0.15, 0.2) is 5.78 Å². The summed E-state index contributed by atoms with van der Waals surface area (Å²) in [4.78, 5) is 30.8. The third kappa shape index (κ3) is 4.13. The minimum Gasteiger partial charge on any atom is -0.378 e. The van der Waals surface area contributed by atoms with Crippen molar-refractivity contribution in [2.45, 2.75) is 46.0 Å². The second-order valence-electron chi connectivity index (χ2n) is 8.43. The van der Waals surface area contributed by atoms with Crippen molar-refractivity contribution in [2.24, 2.45) is 0 Å².